The minimum Gasteiger partial charge on any atom is -0.461 e. The van der Waals surface area contributed by atoms with E-state index in [0.717, 1.165) is 0 Å². The molecule has 0 aromatic rings. The second-order valence-electron chi connectivity index (χ2n) is 65.7. The van der Waals surface area contributed by atoms with Crippen molar-refractivity contribution in [2.45, 2.75) is 537 Å². The van der Waals surface area contributed by atoms with E-state index < -0.39 is 295 Å². The van der Waals surface area contributed by atoms with Gasteiger partial charge in [0, 0.05) is 271 Å². The second-order valence-corrected chi connectivity index (χ2v) is 548. The molecule has 0 heterocycles. The summed E-state index contributed by atoms with van der Waals surface area (Å²) in [6.07, 6.45) is 0. The normalized spacial score (nSPS) is 17.6. The van der Waals surface area contributed by atoms with Crippen LogP contribution in [0.1, 0.15) is 0 Å². The molecule has 0 aromatic heterocycles. The van der Waals surface area contributed by atoms with Gasteiger partial charge in [0.15, 0.2) is 16.9 Å². The summed E-state index contributed by atoms with van der Waals surface area (Å²) in [5, 5.41) is 0. The van der Waals surface area contributed by atoms with Crippen molar-refractivity contribution in [2.24, 2.45) is 0 Å². The Morgan fingerprint density at radius 1 is 0.0968 bits per heavy atom. The Balaban J connectivity index is 8.62. The molecule has 0 bridgehead atoms. The lowest BCUT2D eigenvalue weighted by Gasteiger charge is -2.72. The van der Waals surface area contributed by atoms with E-state index in [1.54, 1.807) is 0 Å². The third-order valence-corrected chi connectivity index (χ3v) is 1060. The van der Waals surface area contributed by atoms with Crippen LogP contribution in [0.4, 0.5) is 0 Å². The first-order chi connectivity index (χ1) is 51.9. The van der Waals surface area contributed by atoms with Crippen LogP contribution in [0, 0.1) is 0 Å². The summed E-state index contributed by atoms with van der Waals surface area (Å²) in [4.78, 5) is 0. The van der Waals surface area contributed by atoms with Crippen LogP contribution < -0.4 is 0 Å². The van der Waals surface area contributed by atoms with Gasteiger partial charge in [-0.05, 0) is 26.2 Å². The molecule has 0 saturated carbocycles. The first-order valence-electron chi connectivity index (χ1n) is 51.5. The molecule has 1 nitrogen and oxygen atoms in total. The van der Waals surface area contributed by atoms with Crippen LogP contribution in [-0.4, -0.2) is 295 Å². The van der Waals surface area contributed by atoms with Crippen LogP contribution in [-0.2, 0) is 4.12 Å². The zero-order valence-corrected chi connectivity index (χ0v) is 144. The van der Waals surface area contributed by atoms with Crippen molar-refractivity contribution in [1.29, 1.82) is 0 Å². The van der Waals surface area contributed by atoms with Gasteiger partial charge in [-0.1, -0.05) is 511 Å². The molecule has 0 unspecified atom stereocenters. The van der Waals surface area contributed by atoms with E-state index in [1.165, 1.54) is 0 Å². The Bertz CT molecular complexity index is 3630. The number of hydrogen-bond acceptors (Lipinski definition) is 1. The fraction of sp³-hybridized carbons (Fsp3) is 1.00. The van der Waals surface area contributed by atoms with Crippen molar-refractivity contribution in [3.63, 3.8) is 0 Å². The quantitative estimate of drug-likeness (QED) is 0.0555. The molecule has 0 rings (SSSR count). The topological polar surface area (TPSA) is 9.23 Å². The molecule has 0 spiro atoms. The molecule has 746 valence electrons. The van der Waals surface area contributed by atoms with Gasteiger partial charge in [-0.2, -0.15) is 0 Å². The largest absolute Gasteiger partial charge is 0.461 e. The first-order valence-corrected chi connectivity index (χ1v) is 213. The van der Waals surface area contributed by atoms with Crippen molar-refractivity contribution in [3.05, 3.63) is 0 Å². The van der Waals surface area contributed by atoms with Crippen LogP contribution in [0.15, 0.2) is 0 Å². The summed E-state index contributed by atoms with van der Waals surface area (Å²) in [6, 6.07) is 0. The molecular formula is C82H248OSi41. The van der Waals surface area contributed by atoms with Gasteiger partial charge in [-0.25, -0.2) is 0 Å². The Kier molecular flexibility index (Phi) is 38.7. The van der Waals surface area contributed by atoms with E-state index in [2.05, 4.69) is 537 Å². The summed E-state index contributed by atoms with van der Waals surface area (Å²) < 4.78 is 7.37. The Morgan fingerprint density at radius 3 is 0.226 bits per heavy atom. The van der Waals surface area contributed by atoms with Gasteiger partial charge >= 0.3 is 0 Å². The predicted molar refractivity (Wildman–Crippen MR) is 721 cm³/mol. The minimum absolute atomic E-state index is 0.691. The van der Waals surface area contributed by atoms with Gasteiger partial charge in [-0.3, -0.25) is 0 Å². The lowest BCUT2D eigenvalue weighted by molar-refractivity contribution is 0.595. The second kappa shape index (κ2) is 36.2. The molecule has 0 fully saturated rings. The fourth-order valence-corrected chi connectivity index (χ4v) is 1560. The van der Waals surface area contributed by atoms with Gasteiger partial charge in [0.1, 0.15) is 0 Å². The van der Waals surface area contributed by atoms with E-state index in [0.29, 0.717) is 0 Å². The standard InChI is InChI=1S/C82H248OSi41/c1-84(2)83-86(5,6)88(9,10)90(13,14)92(17,18)94(21,22)96(25,26)98(29,30)100(33,34)102(37,38)104(41,42)106(45,46)108(49,50)110(53,54)112(57,58)114(61,62)116(65,66)118(69,70)120(73,74)122(77,78)124(81,82)123(79,80)121(75,76)119(71,72)117(67,68)115(63,64)113(59,60)111(55,56)109(51,52)107(47,48)105(43,44)103(39,40)101(35,36)99(31,32)97(27,28)95(23,24)93(19,20)91(15,16)89(11,12)87(7,8)85(3)4/h84-85H,1-82H3. The zero-order valence-electron chi connectivity index (χ0n) is 103. The SMILES string of the molecule is C[SiH](C)O[Si](C)(C)[Si](C)(C)[Si](C)(C)[Si](C)(C)[Si](C)(C)[Si](C)(C)[Si](C)(C)[Si](C)(C)[Si](C)(C)[Si](C)(C)[Si](C)(C)[Si](C)(C)[Si](C)(C)[Si](C)(C)[Si](C)(C)[Si](C)(C)[Si](C)(C)[Si](C)(C)[Si](C)(C)[Si](C)(C)[Si](C)(C)[Si](C)(C)[Si](C)(C)[Si](C)(C)[Si](C)(C)[Si](C)(C)[Si](C)(C)[Si](C)(C)[Si](C)(C)[Si](C)(C)[Si](C)(C)[Si](C)(C)[Si](C)(C)[Si](C)(C)[Si](C)(C)[Si](C)(C)[Si](C)(C)[Si](C)(C)[Si](C)(C)[SiH](C)C. The van der Waals surface area contributed by atoms with Crippen LogP contribution in [0.5, 0.6) is 0 Å². The summed E-state index contributed by atoms with van der Waals surface area (Å²) in [5.41, 5.74) is 0. The Labute approximate surface area is 825 Å². The van der Waals surface area contributed by atoms with Gasteiger partial charge in [0.25, 0.3) is 0 Å². The van der Waals surface area contributed by atoms with E-state index in [9.17, 15) is 0 Å². The maximum absolute atomic E-state index is 7.37. The van der Waals surface area contributed by atoms with Crippen LogP contribution in [0.25, 0.3) is 0 Å². The van der Waals surface area contributed by atoms with E-state index >= 15 is 0 Å². The molecule has 0 aromatic carbocycles. The maximum atomic E-state index is 7.37. The summed E-state index contributed by atoms with van der Waals surface area (Å²) in [5.74, 6) is 0. The monoisotopic (exact) mass is 2400 g/mol. The highest BCUT2D eigenvalue weighted by Crippen LogP contribution is 2.59. The summed E-state index contributed by atoms with van der Waals surface area (Å²) in [6.45, 7) is 257. The lowest BCUT2D eigenvalue weighted by Crippen LogP contribution is -3.00. The van der Waals surface area contributed by atoms with Gasteiger partial charge < -0.3 is 4.12 Å². The highest BCUT2D eigenvalue weighted by Gasteiger charge is 2.82. The summed E-state index contributed by atoms with van der Waals surface area (Å²) >= 11 is 0. The van der Waals surface area contributed by atoms with Crippen LogP contribution in [0.3, 0.4) is 0 Å². The third kappa shape index (κ3) is 16.9. The highest BCUT2D eigenvalue weighted by atomic mass is 30.2. The molecule has 0 N–H and O–H groups in total. The molecule has 0 saturated heterocycles. The van der Waals surface area contributed by atoms with Gasteiger partial charge in [0.2, 0.25) is 0 Å². The summed E-state index contributed by atoms with van der Waals surface area (Å²) in [7, 11) is -68.4. The average Bonchev–Trinajstić information content (AvgIpc) is 0.671. The van der Waals surface area contributed by atoms with E-state index in [1.807, 2.05) is 0 Å². The zero-order chi connectivity index (χ0) is 103. The van der Waals surface area contributed by atoms with Crippen molar-refractivity contribution < 1.29 is 4.12 Å². The highest BCUT2D eigenvalue weighted by molar-refractivity contribution is 8.18. The van der Waals surface area contributed by atoms with Gasteiger partial charge in [-0.15, -0.1) is 0 Å². The first kappa shape index (κ1) is 133. The molecule has 0 amide bonds. The lowest BCUT2D eigenvalue weighted by atomic mass is 11.9. The fourth-order valence-electron chi connectivity index (χ4n) is 30.4. The Morgan fingerprint density at radius 2 is 0.161 bits per heavy atom. The molecule has 124 heavy (non-hydrogen) atoms. The van der Waals surface area contributed by atoms with Crippen LogP contribution in [0.2, 0.25) is 537 Å². The van der Waals surface area contributed by atoms with Crippen LogP contribution >= 0.6 is 0 Å². The van der Waals surface area contributed by atoms with Crippen molar-refractivity contribution in [1.82, 2.24) is 0 Å². The van der Waals surface area contributed by atoms with Gasteiger partial charge in [0.05, 0.1) is 7.11 Å². The average molecular weight is 2400 g/mol. The van der Waals surface area contributed by atoms with E-state index in [4.69, 9.17) is 4.12 Å². The Hall–Kier alpha value is 8.85. The molecule has 0 radical (unpaired) electrons. The molecule has 0 atom stereocenters. The van der Waals surface area contributed by atoms with Crippen molar-refractivity contribution in [3.8, 4) is 0 Å². The maximum Gasteiger partial charge on any atom is 0.157 e. The predicted octanol–water partition coefficient (Wildman–Crippen LogP) is 31.7. The molecule has 42 heteroatoms. The number of hydrogen-bond donors (Lipinski definition) is 0. The molecule has 0 aliphatic carbocycles. The van der Waals surface area contributed by atoms with E-state index in [-0.39, 0.29) is 0 Å². The molecular weight excluding hydrogens is 2150 g/mol. The van der Waals surface area contributed by atoms with Crippen molar-refractivity contribution >= 4 is 295 Å². The number of rotatable bonds is 41. The molecule has 0 aliphatic rings. The van der Waals surface area contributed by atoms with Crippen molar-refractivity contribution in [2.75, 3.05) is 0 Å². The molecule has 0 aliphatic heterocycles. The smallest absolute Gasteiger partial charge is 0.157 e. The third-order valence-electron chi connectivity index (χ3n) is 61.3. The minimum atomic E-state index is -1.80.